The first-order valence-corrected chi connectivity index (χ1v) is 8.53. The Bertz CT molecular complexity index is 491. The largest absolute Gasteiger partial charge is 0.481 e. The summed E-state index contributed by atoms with van der Waals surface area (Å²) in [6, 6.07) is 7.30. The smallest absolute Gasteiger partial charge is 0.307 e. The van der Waals surface area contributed by atoms with Gasteiger partial charge in [-0.05, 0) is 29.9 Å². The van der Waals surface area contributed by atoms with E-state index in [0.717, 1.165) is 16.2 Å². The molecule has 0 aliphatic rings. The summed E-state index contributed by atoms with van der Waals surface area (Å²) < 4.78 is 21.9. The zero-order valence-corrected chi connectivity index (χ0v) is 11.8. The third-order valence-corrected chi connectivity index (χ3v) is 4.34. The Morgan fingerprint density at radius 2 is 1.89 bits per heavy atom. The van der Waals surface area contributed by atoms with Gasteiger partial charge in [0.15, 0.2) is 0 Å². The number of rotatable bonds is 7. The van der Waals surface area contributed by atoms with Crippen molar-refractivity contribution in [3.8, 4) is 0 Å². The van der Waals surface area contributed by atoms with Gasteiger partial charge >= 0.3 is 5.97 Å². The van der Waals surface area contributed by atoms with Gasteiger partial charge in [0.05, 0.1) is 12.2 Å². The van der Waals surface area contributed by atoms with Crippen molar-refractivity contribution in [2.45, 2.75) is 17.7 Å². The Balaban J connectivity index is 2.37. The fourth-order valence-electron chi connectivity index (χ4n) is 1.39. The molecule has 100 valence electrons. The average molecular weight is 288 g/mol. The highest BCUT2D eigenvalue weighted by Gasteiger charge is 2.03. The van der Waals surface area contributed by atoms with E-state index in [1.165, 1.54) is 6.26 Å². The Hall–Kier alpha value is -1.01. The molecule has 0 radical (unpaired) electrons. The van der Waals surface area contributed by atoms with Crippen molar-refractivity contribution < 1.29 is 18.3 Å². The van der Waals surface area contributed by atoms with Crippen molar-refractivity contribution in [2.24, 2.45) is 0 Å². The summed E-state index contributed by atoms with van der Waals surface area (Å²) in [7, 11) is -2.88. The van der Waals surface area contributed by atoms with E-state index in [4.69, 9.17) is 5.11 Å². The Labute approximate surface area is 111 Å². The molecule has 0 aliphatic heterocycles. The average Bonchev–Trinajstić information content (AvgIpc) is 2.24. The Morgan fingerprint density at radius 3 is 2.39 bits per heavy atom. The number of thioether (sulfide) groups is 1. The number of carboxylic acids is 1. The van der Waals surface area contributed by atoms with E-state index in [9.17, 15) is 13.2 Å². The van der Waals surface area contributed by atoms with Crippen molar-refractivity contribution in [2.75, 3.05) is 17.8 Å². The number of hydrogen-bond donors (Lipinski definition) is 1. The van der Waals surface area contributed by atoms with Gasteiger partial charge in [0.1, 0.15) is 9.84 Å². The minimum absolute atomic E-state index is 0.0268. The molecule has 4 nitrogen and oxygen atoms in total. The minimum Gasteiger partial charge on any atom is -0.481 e. The van der Waals surface area contributed by atoms with Gasteiger partial charge in [0, 0.05) is 11.2 Å². The summed E-state index contributed by atoms with van der Waals surface area (Å²) in [4.78, 5) is 11.5. The quantitative estimate of drug-likeness (QED) is 0.612. The fraction of sp³-hybridized carbons (Fsp3) is 0.417. The highest BCUT2D eigenvalue weighted by atomic mass is 32.2. The lowest BCUT2D eigenvalue weighted by Crippen LogP contribution is -2.03. The highest BCUT2D eigenvalue weighted by molar-refractivity contribution is 7.99. The predicted octanol–water partition coefficient (Wildman–Crippen LogP) is 1.84. The molecule has 1 aromatic carbocycles. The van der Waals surface area contributed by atoms with Gasteiger partial charge in [-0.1, -0.05) is 12.1 Å². The second-order valence-electron chi connectivity index (χ2n) is 4.05. The maximum Gasteiger partial charge on any atom is 0.307 e. The zero-order valence-electron chi connectivity index (χ0n) is 10.1. The Morgan fingerprint density at radius 1 is 1.28 bits per heavy atom. The topological polar surface area (TPSA) is 71.4 Å². The van der Waals surface area contributed by atoms with Crippen molar-refractivity contribution in [3.63, 3.8) is 0 Å². The summed E-state index contributed by atoms with van der Waals surface area (Å²) >= 11 is 1.58. The van der Waals surface area contributed by atoms with Gasteiger partial charge < -0.3 is 5.11 Å². The molecule has 6 heteroatoms. The first-order chi connectivity index (χ1) is 8.37. The van der Waals surface area contributed by atoms with Crippen LogP contribution in [0, 0.1) is 0 Å². The summed E-state index contributed by atoms with van der Waals surface area (Å²) in [6.07, 6.45) is 1.89. The SMILES string of the molecule is CS(=O)(=O)CCCSc1ccc(CC(=O)O)cc1. The molecule has 1 rings (SSSR count). The monoisotopic (exact) mass is 288 g/mol. The van der Waals surface area contributed by atoms with Crippen LogP contribution in [0.5, 0.6) is 0 Å². The van der Waals surface area contributed by atoms with Crippen LogP contribution in [0.3, 0.4) is 0 Å². The van der Waals surface area contributed by atoms with Crippen LogP contribution in [-0.2, 0) is 21.1 Å². The molecule has 18 heavy (non-hydrogen) atoms. The van der Waals surface area contributed by atoms with Crippen LogP contribution in [0.4, 0.5) is 0 Å². The molecule has 0 unspecified atom stereocenters. The second kappa shape index (κ2) is 6.80. The molecule has 0 spiro atoms. The molecule has 0 atom stereocenters. The summed E-state index contributed by atoms with van der Waals surface area (Å²) in [5.74, 6) is 0.103. The molecule has 0 amide bonds. The lowest BCUT2D eigenvalue weighted by atomic mass is 10.2. The van der Waals surface area contributed by atoms with Crippen LogP contribution < -0.4 is 0 Å². The van der Waals surface area contributed by atoms with E-state index >= 15 is 0 Å². The molecule has 1 N–H and O–H groups in total. The molecular formula is C12H16O4S2. The molecule has 0 bridgehead atoms. The van der Waals surface area contributed by atoms with Crippen LogP contribution in [0.25, 0.3) is 0 Å². The number of benzene rings is 1. The van der Waals surface area contributed by atoms with Crippen LogP contribution in [0.15, 0.2) is 29.2 Å². The van der Waals surface area contributed by atoms with Gasteiger partial charge in [0.2, 0.25) is 0 Å². The lowest BCUT2D eigenvalue weighted by Gasteiger charge is -2.02. The first-order valence-electron chi connectivity index (χ1n) is 5.48. The summed E-state index contributed by atoms with van der Waals surface area (Å²) in [5, 5.41) is 8.62. The van der Waals surface area contributed by atoms with Crippen LogP contribution >= 0.6 is 11.8 Å². The van der Waals surface area contributed by atoms with Crippen molar-refractivity contribution in [1.82, 2.24) is 0 Å². The van der Waals surface area contributed by atoms with Crippen molar-refractivity contribution >= 4 is 27.6 Å². The van der Waals surface area contributed by atoms with E-state index in [0.29, 0.717) is 6.42 Å². The van der Waals surface area contributed by atoms with E-state index in [1.807, 2.05) is 12.1 Å². The van der Waals surface area contributed by atoms with Crippen LogP contribution in [-0.4, -0.2) is 37.3 Å². The normalized spacial score (nSPS) is 11.4. The van der Waals surface area contributed by atoms with E-state index in [-0.39, 0.29) is 12.2 Å². The number of sulfone groups is 1. The van der Waals surface area contributed by atoms with Crippen LogP contribution in [0.2, 0.25) is 0 Å². The maximum atomic E-state index is 10.9. The second-order valence-corrected chi connectivity index (χ2v) is 7.47. The van der Waals surface area contributed by atoms with Crippen molar-refractivity contribution in [1.29, 1.82) is 0 Å². The lowest BCUT2D eigenvalue weighted by molar-refractivity contribution is -0.136. The summed E-state index contributed by atoms with van der Waals surface area (Å²) in [6.45, 7) is 0. The number of carbonyl (C=O) groups is 1. The number of carboxylic acid groups (broad SMARTS) is 1. The number of aliphatic carboxylic acids is 1. The molecule has 0 aliphatic carbocycles. The van der Waals surface area contributed by atoms with E-state index in [1.54, 1.807) is 23.9 Å². The van der Waals surface area contributed by atoms with Gasteiger partial charge in [0.25, 0.3) is 0 Å². The van der Waals surface area contributed by atoms with Crippen molar-refractivity contribution in [3.05, 3.63) is 29.8 Å². The third kappa shape index (κ3) is 6.66. The molecular weight excluding hydrogens is 272 g/mol. The van der Waals surface area contributed by atoms with Gasteiger partial charge in [-0.3, -0.25) is 4.79 Å². The number of hydrogen-bond acceptors (Lipinski definition) is 4. The van der Waals surface area contributed by atoms with E-state index < -0.39 is 15.8 Å². The summed E-state index contributed by atoms with van der Waals surface area (Å²) in [5.41, 5.74) is 0.767. The first kappa shape index (κ1) is 15.0. The zero-order chi connectivity index (χ0) is 13.6. The molecule has 0 saturated carbocycles. The maximum absolute atomic E-state index is 10.9. The predicted molar refractivity (Wildman–Crippen MR) is 72.8 cm³/mol. The molecule has 0 fully saturated rings. The Kier molecular flexibility index (Phi) is 5.68. The van der Waals surface area contributed by atoms with Crippen LogP contribution in [0.1, 0.15) is 12.0 Å². The van der Waals surface area contributed by atoms with Gasteiger partial charge in [-0.2, -0.15) is 0 Å². The highest BCUT2D eigenvalue weighted by Crippen LogP contribution is 2.19. The molecule has 1 aromatic rings. The standard InChI is InChI=1S/C12H16O4S2/c1-18(15,16)8-2-7-17-11-5-3-10(4-6-11)9-12(13)14/h3-6H,2,7-9H2,1H3,(H,13,14). The third-order valence-electron chi connectivity index (χ3n) is 2.21. The van der Waals surface area contributed by atoms with E-state index in [2.05, 4.69) is 0 Å². The molecule has 0 aromatic heterocycles. The van der Waals surface area contributed by atoms with Gasteiger partial charge in [-0.25, -0.2) is 8.42 Å². The molecule has 0 heterocycles. The minimum atomic E-state index is -2.88. The fourth-order valence-corrected chi connectivity index (χ4v) is 3.09. The van der Waals surface area contributed by atoms with Gasteiger partial charge in [-0.15, -0.1) is 11.8 Å². The molecule has 0 saturated heterocycles.